The molecule has 1 aromatic rings. The molecule has 0 atom stereocenters. The molecule has 0 aliphatic carbocycles. The minimum Gasteiger partial charge on any atom is -0.345 e. The summed E-state index contributed by atoms with van der Waals surface area (Å²) in [6, 6.07) is 4.51. The summed E-state index contributed by atoms with van der Waals surface area (Å²) in [5.74, 6) is -0.916. The monoisotopic (exact) mass is 264 g/mol. The molecule has 0 fully saturated rings. The zero-order valence-corrected chi connectivity index (χ0v) is 11.1. The van der Waals surface area contributed by atoms with E-state index in [1.807, 2.05) is 0 Å². The molecule has 0 spiro atoms. The van der Waals surface area contributed by atoms with E-state index in [1.165, 1.54) is 6.07 Å². The molecule has 0 aliphatic heterocycles. The number of nitrogens with zero attached hydrogens (tertiary/aromatic N) is 1. The van der Waals surface area contributed by atoms with Gasteiger partial charge in [0, 0.05) is 11.5 Å². The van der Waals surface area contributed by atoms with Gasteiger partial charge in [-0.3, -0.25) is 19.7 Å². The zero-order valence-electron chi connectivity index (χ0n) is 11.1. The highest BCUT2D eigenvalue weighted by molar-refractivity contribution is 6.00. The largest absolute Gasteiger partial charge is 0.345 e. The van der Waals surface area contributed by atoms with E-state index in [2.05, 4.69) is 5.32 Å². The van der Waals surface area contributed by atoms with Crippen LogP contribution in [0.15, 0.2) is 18.2 Å². The van der Waals surface area contributed by atoms with Crippen LogP contribution in [0, 0.1) is 23.0 Å². The van der Waals surface area contributed by atoms with Crippen LogP contribution in [0.2, 0.25) is 0 Å². The van der Waals surface area contributed by atoms with Gasteiger partial charge in [0.25, 0.3) is 11.6 Å². The molecule has 1 N–H and O–H groups in total. The van der Waals surface area contributed by atoms with Crippen molar-refractivity contribution < 1.29 is 14.5 Å². The highest BCUT2D eigenvalue weighted by atomic mass is 16.6. The van der Waals surface area contributed by atoms with Gasteiger partial charge in [0.2, 0.25) is 0 Å². The predicted molar refractivity (Wildman–Crippen MR) is 70.0 cm³/mol. The molecule has 0 saturated heterocycles. The van der Waals surface area contributed by atoms with Crippen LogP contribution in [0.5, 0.6) is 0 Å². The van der Waals surface area contributed by atoms with E-state index in [4.69, 9.17) is 0 Å². The lowest BCUT2D eigenvalue weighted by Gasteiger charge is -2.08. The van der Waals surface area contributed by atoms with Crippen molar-refractivity contribution in [1.29, 1.82) is 0 Å². The zero-order chi connectivity index (χ0) is 14.6. The molecule has 0 saturated carbocycles. The second-order valence-electron chi connectivity index (χ2n) is 4.53. The van der Waals surface area contributed by atoms with Gasteiger partial charge in [0.15, 0.2) is 5.78 Å². The SMILES string of the molecule is Cc1cccc(C(=O)NCC(=O)C(C)C)c1[N+](=O)[O-]. The maximum atomic E-state index is 11.9. The van der Waals surface area contributed by atoms with Gasteiger partial charge in [0.05, 0.1) is 11.5 Å². The van der Waals surface area contributed by atoms with Gasteiger partial charge in [-0.15, -0.1) is 0 Å². The van der Waals surface area contributed by atoms with Crippen molar-refractivity contribution in [3.05, 3.63) is 39.4 Å². The summed E-state index contributed by atoms with van der Waals surface area (Å²) in [5.41, 5.74) is 0.159. The molecule has 102 valence electrons. The maximum Gasteiger partial charge on any atom is 0.285 e. The van der Waals surface area contributed by atoms with Gasteiger partial charge in [-0.2, -0.15) is 0 Å². The summed E-state index contributed by atoms with van der Waals surface area (Å²) < 4.78 is 0. The summed E-state index contributed by atoms with van der Waals surface area (Å²) in [7, 11) is 0. The van der Waals surface area contributed by atoms with E-state index in [0.717, 1.165) is 0 Å². The number of para-hydroxylation sites is 1. The Morgan fingerprint density at radius 2 is 2.00 bits per heavy atom. The quantitative estimate of drug-likeness (QED) is 0.649. The molecule has 19 heavy (non-hydrogen) atoms. The third-order valence-electron chi connectivity index (χ3n) is 2.73. The van der Waals surface area contributed by atoms with Crippen molar-refractivity contribution >= 4 is 17.4 Å². The van der Waals surface area contributed by atoms with E-state index in [0.29, 0.717) is 5.56 Å². The van der Waals surface area contributed by atoms with Crippen molar-refractivity contribution in [2.75, 3.05) is 6.54 Å². The topological polar surface area (TPSA) is 89.3 Å². The van der Waals surface area contributed by atoms with E-state index < -0.39 is 10.8 Å². The number of benzene rings is 1. The number of nitrogens with one attached hydrogen (secondary N) is 1. The average molecular weight is 264 g/mol. The normalized spacial score (nSPS) is 10.3. The molecule has 1 aromatic carbocycles. The fraction of sp³-hybridized carbons (Fsp3) is 0.385. The van der Waals surface area contributed by atoms with E-state index in [1.54, 1.807) is 32.9 Å². The van der Waals surface area contributed by atoms with Crippen molar-refractivity contribution in [2.45, 2.75) is 20.8 Å². The number of Topliss-reactive ketones (excluding diaryl/α,β-unsaturated/α-hetero) is 1. The van der Waals surface area contributed by atoms with Gasteiger partial charge in [-0.05, 0) is 13.0 Å². The minimum absolute atomic E-state index is 0.0263. The Morgan fingerprint density at radius 3 is 2.53 bits per heavy atom. The lowest BCUT2D eigenvalue weighted by molar-refractivity contribution is -0.385. The number of ketones is 1. The second-order valence-corrected chi connectivity index (χ2v) is 4.53. The van der Waals surface area contributed by atoms with Crippen molar-refractivity contribution in [3.63, 3.8) is 0 Å². The first-order valence-electron chi connectivity index (χ1n) is 5.89. The number of carbonyl (C=O) groups is 2. The predicted octanol–water partition coefficient (Wildman–Crippen LogP) is 1.86. The van der Waals surface area contributed by atoms with Gasteiger partial charge in [-0.25, -0.2) is 0 Å². The Hall–Kier alpha value is -2.24. The first-order valence-corrected chi connectivity index (χ1v) is 5.89. The lowest BCUT2D eigenvalue weighted by atomic mass is 10.1. The summed E-state index contributed by atoms with van der Waals surface area (Å²) in [5, 5.41) is 13.4. The van der Waals surface area contributed by atoms with Gasteiger partial charge < -0.3 is 5.32 Å². The van der Waals surface area contributed by atoms with Gasteiger partial charge in [-0.1, -0.05) is 26.0 Å². The van der Waals surface area contributed by atoms with Crippen LogP contribution in [0.1, 0.15) is 29.8 Å². The minimum atomic E-state index is -0.607. The van der Waals surface area contributed by atoms with E-state index in [-0.39, 0.29) is 29.5 Å². The summed E-state index contributed by atoms with van der Waals surface area (Å²) >= 11 is 0. The van der Waals surface area contributed by atoms with E-state index >= 15 is 0 Å². The molecule has 6 heteroatoms. The highest BCUT2D eigenvalue weighted by Crippen LogP contribution is 2.22. The Morgan fingerprint density at radius 1 is 1.37 bits per heavy atom. The molecule has 0 radical (unpaired) electrons. The van der Waals surface area contributed by atoms with Crippen molar-refractivity contribution in [1.82, 2.24) is 5.32 Å². The molecule has 0 unspecified atom stereocenters. The summed E-state index contributed by atoms with van der Waals surface area (Å²) in [4.78, 5) is 33.7. The molecule has 0 aromatic heterocycles. The number of aryl methyl sites for hydroxylation is 1. The molecular weight excluding hydrogens is 248 g/mol. The molecule has 0 heterocycles. The van der Waals surface area contributed by atoms with E-state index in [9.17, 15) is 19.7 Å². The number of nitro benzene ring substituents is 1. The van der Waals surface area contributed by atoms with Crippen LogP contribution in [0.3, 0.4) is 0 Å². The molecule has 0 aliphatic rings. The Balaban J connectivity index is 2.92. The number of hydrogen-bond acceptors (Lipinski definition) is 4. The van der Waals surface area contributed by atoms with Crippen LogP contribution < -0.4 is 5.32 Å². The maximum absolute atomic E-state index is 11.9. The van der Waals surface area contributed by atoms with Crippen LogP contribution >= 0.6 is 0 Å². The van der Waals surface area contributed by atoms with Crippen LogP contribution in [-0.4, -0.2) is 23.2 Å². The Kier molecular flexibility index (Phi) is 4.74. The molecule has 1 amide bonds. The first-order chi connectivity index (χ1) is 8.84. The molecule has 1 rings (SSSR count). The Bertz CT molecular complexity index is 523. The highest BCUT2D eigenvalue weighted by Gasteiger charge is 2.22. The first kappa shape index (κ1) is 14.8. The lowest BCUT2D eigenvalue weighted by Crippen LogP contribution is -2.32. The van der Waals surface area contributed by atoms with Crippen molar-refractivity contribution in [3.8, 4) is 0 Å². The van der Waals surface area contributed by atoms with Crippen LogP contribution in [0.4, 0.5) is 5.69 Å². The third-order valence-corrected chi connectivity index (χ3v) is 2.73. The van der Waals surface area contributed by atoms with Gasteiger partial charge in [0.1, 0.15) is 5.56 Å². The number of hydrogen-bond donors (Lipinski definition) is 1. The average Bonchev–Trinajstić information content (AvgIpc) is 2.34. The van der Waals surface area contributed by atoms with Crippen LogP contribution in [0.25, 0.3) is 0 Å². The standard InChI is InChI=1S/C13H16N2O4/c1-8(2)11(16)7-14-13(17)10-6-4-5-9(3)12(10)15(18)19/h4-6,8H,7H2,1-3H3,(H,14,17). The number of rotatable bonds is 5. The van der Waals surface area contributed by atoms with Crippen LogP contribution in [-0.2, 0) is 4.79 Å². The fourth-order valence-electron chi connectivity index (χ4n) is 1.55. The molecule has 6 nitrogen and oxygen atoms in total. The van der Waals surface area contributed by atoms with Crippen molar-refractivity contribution in [2.24, 2.45) is 5.92 Å². The summed E-state index contributed by atoms with van der Waals surface area (Å²) in [6.07, 6.45) is 0. The number of nitro groups is 1. The summed E-state index contributed by atoms with van der Waals surface area (Å²) in [6.45, 7) is 4.89. The number of carbonyl (C=O) groups excluding carboxylic acids is 2. The molecule has 0 bridgehead atoms. The third kappa shape index (κ3) is 3.61. The second kappa shape index (κ2) is 6.08. The fourth-order valence-corrected chi connectivity index (χ4v) is 1.55. The smallest absolute Gasteiger partial charge is 0.285 e. The van der Waals surface area contributed by atoms with Gasteiger partial charge >= 0.3 is 0 Å². The molecular formula is C13H16N2O4. The number of amides is 1. The Labute approximate surface area is 111 Å².